The van der Waals surface area contributed by atoms with Gasteiger partial charge in [0.1, 0.15) is 17.1 Å². The first-order valence-electron chi connectivity index (χ1n) is 6.89. The van der Waals surface area contributed by atoms with E-state index in [2.05, 4.69) is 6.92 Å². The summed E-state index contributed by atoms with van der Waals surface area (Å²) in [5, 5.41) is 0. The number of aromatic nitrogens is 2. The fourth-order valence-electron chi connectivity index (χ4n) is 2.48. The van der Waals surface area contributed by atoms with Crippen molar-refractivity contribution in [3.63, 3.8) is 0 Å². The van der Waals surface area contributed by atoms with E-state index in [0.29, 0.717) is 18.0 Å². The lowest BCUT2D eigenvalue weighted by Crippen LogP contribution is -2.22. The van der Waals surface area contributed by atoms with Gasteiger partial charge in [-0.2, -0.15) is 0 Å². The number of ether oxygens (including phenoxy) is 1. The van der Waals surface area contributed by atoms with Crippen molar-refractivity contribution in [1.82, 2.24) is 9.36 Å². The molecule has 0 unspecified atom stereocenters. The number of benzene rings is 1. The number of nitrogen functional groups attached to an aromatic ring is 1. The minimum atomic E-state index is -0.181. The Kier molecular flexibility index (Phi) is 4.17. The summed E-state index contributed by atoms with van der Waals surface area (Å²) in [5.41, 5.74) is 7.76. The SMILES string of the molecule is CCCc1c(N)c(=O)n(-c2ccccc2OC)n1CC. The molecule has 0 aliphatic carbocycles. The normalized spacial score (nSPS) is 10.8. The molecule has 0 spiro atoms. The molecule has 5 heteroatoms. The van der Waals surface area contributed by atoms with Crippen LogP contribution in [0.2, 0.25) is 0 Å². The Balaban J connectivity index is 2.74. The van der Waals surface area contributed by atoms with Crippen LogP contribution in [-0.4, -0.2) is 16.5 Å². The van der Waals surface area contributed by atoms with Crippen molar-refractivity contribution in [2.75, 3.05) is 12.8 Å². The Hall–Kier alpha value is -2.17. The molecule has 0 aliphatic rings. The molecule has 2 N–H and O–H groups in total. The minimum absolute atomic E-state index is 0.181. The first-order chi connectivity index (χ1) is 9.65. The molecule has 0 saturated heterocycles. The molecule has 0 aliphatic heterocycles. The molecular weight excluding hydrogens is 254 g/mol. The number of hydrogen-bond donors (Lipinski definition) is 1. The molecule has 0 saturated carbocycles. The van der Waals surface area contributed by atoms with Crippen LogP contribution in [0.5, 0.6) is 5.75 Å². The standard InChI is InChI=1S/C15H21N3O2/c1-4-8-12-14(16)15(19)18(17(12)5-2)11-9-6-7-10-13(11)20-3/h6-7,9-10H,4-5,8,16H2,1-3H3. The molecule has 0 radical (unpaired) electrons. The van der Waals surface area contributed by atoms with E-state index in [4.69, 9.17) is 10.5 Å². The van der Waals surface area contributed by atoms with Crippen LogP contribution in [0.25, 0.3) is 5.69 Å². The number of methoxy groups -OCH3 is 1. The number of rotatable bonds is 5. The highest BCUT2D eigenvalue weighted by atomic mass is 16.5. The minimum Gasteiger partial charge on any atom is -0.494 e. The van der Waals surface area contributed by atoms with Crippen molar-refractivity contribution in [2.45, 2.75) is 33.2 Å². The van der Waals surface area contributed by atoms with Crippen molar-refractivity contribution < 1.29 is 4.74 Å². The van der Waals surface area contributed by atoms with Gasteiger partial charge in [0.2, 0.25) is 0 Å². The third kappa shape index (κ3) is 2.19. The average Bonchev–Trinajstić information content (AvgIpc) is 2.72. The lowest BCUT2D eigenvalue weighted by molar-refractivity contribution is 0.407. The molecule has 108 valence electrons. The Morgan fingerprint density at radius 1 is 1.25 bits per heavy atom. The highest BCUT2D eigenvalue weighted by Gasteiger charge is 2.19. The van der Waals surface area contributed by atoms with Crippen LogP contribution in [0.15, 0.2) is 29.1 Å². The summed E-state index contributed by atoms with van der Waals surface area (Å²) in [4.78, 5) is 12.5. The number of nitrogens with zero attached hydrogens (tertiary/aromatic N) is 2. The van der Waals surface area contributed by atoms with Crippen LogP contribution >= 0.6 is 0 Å². The van der Waals surface area contributed by atoms with Crippen molar-refractivity contribution in [2.24, 2.45) is 0 Å². The van der Waals surface area contributed by atoms with Crippen molar-refractivity contribution in [1.29, 1.82) is 0 Å². The van der Waals surface area contributed by atoms with Gasteiger partial charge in [-0.3, -0.25) is 9.48 Å². The maximum absolute atomic E-state index is 12.5. The van der Waals surface area contributed by atoms with Crippen LogP contribution < -0.4 is 16.0 Å². The number of hydrogen-bond acceptors (Lipinski definition) is 3. The van der Waals surface area contributed by atoms with Gasteiger partial charge in [0.05, 0.1) is 12.8 Å². The molecule has 2 rings (SSSR count). The number of anilines is 1. The molecule has 1 aromatic carbocycles. The molecule has 0 atom stereocenters. The van der Waals surface area contributed by atoms with Gasteiger partial charge in [-0.25, -0.2) is 4.68 Å². The zero-order chi connectivity index (χ0) is 14.7. The molecule has 5 nitrogen and oxygen atoms in total. The van der Waals surface area contributed by atoms with Crippen LogP contribution in [-0.2, 0) is 13.0 Å². The van der Waals surface area contributed by atoms with Gasteiger partial charge in [-0.15, -0.1) is 0 Å². The lowest BCUT2D eigenvalue weighted by Gasteiger charge is -2.15. The first kappa shape index (κ1) is 14.2. The van der Waals surface area contributed by atoms with Gasteiger partial charge in [0.25, 0.3) is 5.56 Å². The van der Waals surface area contributed by atoms with Gasteiger partial charge >= 0.3 is 0 Å². The first-order valence-corrected chi connectivity index (χ1v) is 6.89. The van der Waals surface area contributed by atoms with E-state index in [-0.39, 0.29) is 5.56 Å². The van der Waals surface area contributed by atoms with Gasteiger partial charge < -0.3 is 10.5 Å². The van der Waals surface area contributed by atoms with Crippen LogP contribution in [0, 0.1) is 0 Å². The fraction of sp³-hybridized carbons (Fsp3) is 0.400. The molecule has 0 fully saturated rings. The highest BCUT2D eigenvalue weighted by molar-refractivity contribution is 5.51. The summed E-state index contributed by atoms with van der Waals surface area (Å²) in [6, 6.07) is 7.46. The summed E-state index contributed by atoms with van der Waals surface area (Å²) in [6.07, 6.45) is 1.73. The average molecular weight is 275 g/mol. The van der Waals surface area contributed by atoms with Gasteiger partial charge in [0, 0.05) is 6.54 Å². The molecule has 1 aromatic heterocycles. The quantitative estimate of drug-likeness (QED) is 0.910. The molecule has 2 aromatic rings. The third-order valence-corrected chi connectivity index (χ3v) is 3.39. The summed E-state index contributed by atoms with van der Waals surface area (Å²) in [6.45, 7) is 4.76. The van der Waals surface area contributed by atoms with E-state index in [0.717, 1.165) is 24.2 Å². The molecule has 0 amide bonds. The monoisotopic (exact) mass is 275 g/mol. The lowest BCUT2D eigenvalue weighted by atomic mass is 10.2. The second-order valence-corrected chi connectivity index (χ2v) is 4.61. The maximum atomic E-state index is 12.5. The predicted octanol–water partition coefficient (Wildman–Crippen LogP) is 2.20. The summed E-state index contributed by atoms with van der Waals surface area (Å²) >= 11 is 0. The Labute approximate surface area is 118 Å². The van der Waals surface area contributed by atoms with Crippen LogP contribution in [0.3, 0.4) is 0 Å². The summed E-state index contributed by atoms with van der Waals surface area (Å²) in [7, 11) is 1.60. The highest BCUT2D eigenvalue weighted by Crippen LogP contribution is 2.23. The molecule has 0 bridgehead atoms. The van der Waals surface area contributed by atoms with E-state index < -0.39 is 0 Å². The maximum Gasteiger partial charge on any atom is 0.294 e. The second-order valence-electron chi connectivity index (χ2n) is 4.61. The molecular formula is C15H21N3O2. The van der Waals surface area contributed by atoms with Crippen molar-refractivity contribution >= 4 is 5.69 Å². The van der Waals surface area contributed by atoms with E-state index in [1.54, 1.807) is 11.8 Å². The van der Waals surface area contributed by atoms with Crippen molar-refractivity contribution in [3.05, 3.63) is 40.3 Å². The zero-order valence-corrected chi connectivity index (χ0v) is 12.2. The van der Waals surface area contributed by atoms with Crippen LogP contribution in [0.4, 0.5) is 5.69 Å². The Morgan fingerprint density at radius 2 is 1.95 bits per heavy atom. The Bertz CT molecular complexity index is 656. The summed E-state index contributed by atoms with van der Waals surface area (Å²) < 4.78 is 8.89. The second kappa shape index (κ2) is 5.86. The largest absolute Gasteiger partial charge is 0.494 e. The van der Waals surface area contributed by atoms with E-state index in [9.17, 15) is 4.79 Å². The number of para-hydroxylation sites is 2. The van der Waals surface area contributed by atoms with E-state index >= 15 is 0 Å². The van der Waals surface area contributed by atoms with Gasteiger partial charge in [-0.1, -0.05) is 25.5 Å². The van der Waals surface area contributed by atoms with Gasteiger partial charge in [0.15, 0.2) is 0 Å². The predicted molar refractivity (Wildman–Crippen MR) is 80.7 cm³/mol. The molecule has 20 heavy (non-hydrogen) atoms. The van der Waals surface area contributed by atoms with Crippen LogP contribution in [0.1, 0.15) is 26.0 Å². The zero-order valence-electron chi connectivity index (χ0n) is 12.2. The smallest absolute Gasteiger partial charge is 0.294 e. The Morgan fingerprint density at radius 3 is 2.55 bits per heavy atom. The fourth-order valence-corrected chi connectivity index (χ4v) is 2.48. The van der Waals surface area contributed by atoms with Gasteiger partial charge in [-0.05, 0) is 25.5 Å². The topological polar surface area (TPSA) is 62.2 Å². The molecule has 1 heterocycles. The summed E-state index contributed by atoms with van der Waals surface area (Å²) in [5.74, 6) is 0.657. The third-order valence-electron chi connectivity index (χ3n) is 3.39. The van der Waals surface area contributed by atoms with E-state index in [1.807, 2.05) is 35.9 Å². The van der Waals surface area contributed by atoms with E-state index in [1.165, 1.54) is 0 Å². The van der Waals surface area contributed by atoms with Crippen molar-refractivity contribution in [3.8, 4) is 11.4 Å². The number of nitrogens with two attached hydrogens (primary N) is 1.